The molecule has 7 rings (SSSR count). The van der Waals surface area contributed by atoms with Gasteiger partial charge >= 0.3 is 0 Å². The van der Waals surface area contributed by atoms with Crippen molar-refractivity contribution in [1.82, 2.24) is 0 Å². The third-order valence-corrected chi connectivity index (χ3v) is 7.56. The van der Waals surface area contributed by atoms with E-state index in [-0.39, 0.29) is 33.8 Å². The number of fused-ring (bicyclic) bond motifs is 8. The molecular weight excluding hydrogens is 580 g/mol. The zero-order valence-corrected chi connectivity index (χ0v) is 23.3. The number of anilines is 1. The summed E-state index contributed by atoms with van der Waals surface area (Å²) in [5, 5.41) is 42.9. The number of carbonyl (C=O) groups excluding carboxylic acids is 2. The molecule has 12 nitrogen and oxygen atoms in total. The van der Waals surface area contributed by atoms with Gasteiger partial charge in [0.1, 0.15) is 0 Å². The minimum atomic E-state index is -0.841. The lowest BCUT2D eigenvalue weighted by atomic mass is 9.96. The second-order valence-electron chi connectivity index (χ2n) is 10.3. The summed E-state index contributed by atoms with van der Waals surface area (Å²) in [4.78, 5) is 54.3. The van der Waals surface area contributed by atoms with Gasteiger partial charge in [-0.2, -0.15) is 0 Å². The zero-order chi connectivity index (χ0) is 32.0. The van der Waals surface area contributed by atoms with Crippen LogP contribution < -0.4 is 5.32 Å². The predicted molar refractivity (Wildman–Crippen MR) is 169 cm³/mol. The van der Waals surface area contributed by atoms with Crippen molar-refractivity contribution in [2.24, 2.45) is 0 Å². The highest BCUT2D eigenvalue weighted by Crippen LogP contribution is 2.45. The first-order valence-electron chi connectivity index (χ1n) is 13.5. The van der Waals surface area contributed by atoms with E-state index in [1.165, 1.54) is 39.9 Å². The van der Waals surface area contributed by atoms with Crippen LogP contribution in [0.15, 0.2) is 97.1 Å². The van der Waals surface area contributed by atoms with E-state index in [0.717, 1.165) is 35.3 Å². The minimum absolute atomic E-state index is 0.0504. The monoisotopic (exact) mass is 600 g/mol. The van der Waals surface area contributed by atoms with Gasteiger partial charge in [-0.25, -0.2) is 0 Å². The van der Waals surface area contributed by atoms with E-state index in [0.29, 0.717) is 0 Å². The SMILES string of the molecule is CC(=O)Nc1cccc2c1ccc1ccc3ccccc3c12.O=C1c2cc([N+](=O)[O-])ccc2-c2c1cc([N+](=O)[O-])cc2[N+](=O)[O-]. The lowest BCUT2D eigenvalue weighted by Crippen LogP contribution is -2.05. The van der Waals surface area contributed by atoms with Crippen LogP contribution in [-0.2, 0) is 4.79 Å². The smallest absolute Gasteiger partial charge is 0.284 e. The average molecular weight is 601 g/mol. The molecule has 0 atom stereocenters. The fraction of sp³-hybridized carbons (Fsp3) is 0.0303. The van der Waals surface area contributed by atoms with Crippen LogP contribution in [-0.4, -0.2) is 26.5 Å². The first-order chi connectivity index (χ1) is 21.5. The van der Waals surface area contributed by atoms with Crippen LogP contribution >= 0.6 is 0 Å². The third kappa shape index (κ3) is 4.95. The highest BCUT2D eigenvalue weighted by molar-refractivity contribution is 6.24. The molecule has 0 radical (unpaired) electrons. The maximum atomic E-state index is 12.3. The number of nitro groups is 3. The molecule has 0 aromatic heterocycles. The van der Waals surface area contributed by atoms with Gasteiger partial charge < -0.3 is 5.32 Å². The zero-order valence-electron chi connectivity index (χ0n) is 23.3. The molecule has 220 valence electrons. The van der Waals surface area contributed by atoms with E-state index >= 15 is 0 Å². The Labute approximate surface area is 253 Å². The first-order valence-corrected chi connectivity index (χ1v) is 13.5. The van der Waals surface area contributed by atoms with Gasteiger partial charge in [0.05, 0.1) is 26.4 Å². The van der Waals surface area contributed by atoms with Gasteiger partial charge in [-0.1, -0.05) is 60.7 Å². The number of rotatable bonds is 4. The van der Waals surface area contributed by atoms with Crippen molar-refractivity contribution < 1.29 is 24.4 Å². The standard InChI is InChI=1S/C20H15NO.C13H5N3O7/c1-13(22)21-19-8-4-7-18-17(19)12-11-15-10-9-14-5-2-3-6-16(14)20(15)18;17-13-9-3-6(14(18)19)1-2-8(9)12-10(13)4-7(15(20)21)5-11(12)16(22)23/h2-12H,1H3,(H,21,22);1-5H. The Balaban J connectivity index is 0.000000159. The molecule has 0 unspecified atom stereocenters. The van der Waals surface area contributed by atoms with Crippen LogP contribution in [0.4, 0.5) is 22.7 Å². The number of hydrogen-bond acceptors (Lipinski definition) is 8. The molecule has 0 spiro atoms. The lowest BCUT2D eigenvalue weighted by molar-refractivity contribution is -0.393. The van der Waals surface area contributed by atoms with E-state index in [4.69, 9.17) is 0 Å². The first kappa shape index (κ1) is 28.6. The number of benzene rings is 6. The van der Waals surface area contributed by atoms with Crippen molar-refractivity contribution in [2.75, 3.05) is 5.32 Å². The van der Waals surface area contributed by atoms with Crippen molar-refractivity contribution in [2.45, 2.75) is 6.92 Å². The highest BCUT2D eigenvalue weighted by Gasteiger charge is 2.37. The Morgan fingerprint density at radius 1 is 0.622 bits per heavy atom. The number of hydrogen-bond donors (Lipinski definition) is 1. The summed E-state index contributed by atoms with van der Waals surface area (Å²) >= 11 is 0. The molecule has 0 aliphatic heterocycles. The maximum absolute atomic E-state index is 12.3. The average Bonchev–Trinajstić information content (AvgIpc) is 3.31. The predicted octanol–water partition coefficient (Wildman–Crippen LogP) is 7.73. The molecule has 0 bridgehead atoms. The topological polar surface area (TPSA) is 176 Å². The van der Waals surface area contributed by atoms with Crippen LogP contribution in [0, 0.1) is 30.3 Å². The summed E-state index contributed by atoms with van der Waals surface area (Å²) in [5.41, 5.74) is -0.866. The number of amides is 1. The highest BCUT2D eigenvalue weighted by atomic mass is 16.6. The molecule has 0 saturated heterocycles. The Morgan fingerprint density at radius 2 is 1.29 bits per heavy atom. The molecule has 6 aromatic carbocycles. The fourth-order valence-corrected chi connectivity index (χ4v) is 5.68. The van der Waals surface area contributed by atoms with Crippen LogP contribution in [0.2, 0.25) is 0 Å². The van der Waals surface area contributed by atoms with Crippen LogP contribution in [0.1, 0.15) is 22.8 Å². The Hall–Kier alpha value is -6.56. The lowest BCUT2D eigenvalue weighted by Gasteiger charge is -2.11. The van der Waals surface area contributed by atoms with Gasteiger partial charge in [-0.3, -0.25) is 39.9 Å². The molecule has 0 saturated carbocycles. The van der Waals surface area contributed by atoms with Crippen LogP contribution in [0.25, 0.3) is 43.4 Å². The van der Waals surface area contributed by atoms with Gasteiger partial charge in [-0.05, 0) is 39.1 Å². The number of nitrogens with one attached hydrogen (secondary N) is 1. The summed E-state index contributed by atoms with van der Waals surface area (Å²) < 4.78 is 0. The van der Waals surface area contributed by atoms with Gasteiger partial charge in [0.15, 0.2) is 5.78 Å². The van der Waals surface area contributed by atoms with Crippen LogP contribution in [0.3, 0.4) is 0 Å². The third-order valence-electron chi connectivity index (χ3n) is 7.56. The fourth-order valence-electron chi connectivity index (χ4n) is 5.68. The molecule has 0 heterocycles. The summed E-state index contributed by atoms with van der Waals surface area (Å²) in [6.07, 6.45) is 0. The van der Waals surface area contributed by atoms with Crippen molar-refractivity contribution >= 4 is 66.8 Å². The van der Waals surface area contributed by atoms with E-state index in [1.807, 2.05) is 12.1 Å². The molecule has 1 aliphatic rings. The Kier molecular flexibility index (Phi) is 6.94. The van der Waals surface area contributed by atoms with Crippen molar-refractivity contribution in [1.29, 1.82) is 0 Å². The van der Waals surface area contributed by atoms with Gasteiger partial charge in [0, 0.05) is 52.9 Å². The van der Waals surface area contributed by atoms with E-state index in [1.54, 1.807) is 0 Å². The quantitative estimate of drug-likeness (QED) is 0.121. The second-order valence-corrected chi connectivity index (χ2v) is 10.3. The summed E-state index contributed by atoms with van der Waals surface area (Å²) in [7, 11) is 0. The number of nitro benzene ring substituents is 3. The molecule has 1 amide bonds. The van der Waals surface area contributed by atoms with Gasteiger partial charge in [0.2, 0.25) is 5.91 Å². The number of non-ortho nitro benzene ring substituents is 2. The van der Waals surface area contributed by atoms with E-state index < -0.39 is 31.9 Å². The van der Waals surface area contributed by atoms with E-state index in [9.17, 15) is 39.9 Å². The van der Waals surface area contributed by atoms with Crippen LogP contribution in [0.5, 0.6) is 0 Å². The molecule has 45 heavy (non-hydrogen) atoms. The van der Waals surface area contributed by atoms with Gasteiger partial charge in [0.25, 0.3) is 17.1 Å². The summed E-state index contributed by atoms with van der Waals surface area (Å²) in [6.45, 7) is 1.54. The van der Waals surface area contributed by atoms with Crippen molar-refractivity contribution in [3.05, 3.63) is 139 Å². The van der Waals surface area contributed by atoms with Gasteiger partial charge in [-0.15, -0.1) is 0 Å². The Bertz CT molecular complexity index is 2300. The molecule has 12 heteroatoms. The van der Waals surface area contributed by atoms with Crippen molar-refractivity contribution in [3.8, 4) is 11.1 Å². The molecule has 1 N–H and O–H groups in total. The molecule has 1 aliphatic carbocycles. The van der Waals surface area contributed by atoms with Crippen molar-refractivity contribution in [3.63, 3.8) is 0 Å². The maximum Gasteiger partial charge on any atom is 0.284 e. The summed E-state index contributed by atoms with van der Waals surface area (Å²) in [5.74, 6) is -0.768. The Morgan fingerprint density at radius 3 is 2.00 bits per heavy atom. The molecule has 6 aromatic rings. The summed E-state index contributed by atoms with van der Waals surface area (Å²) in [6, 6.07) is 28.0. The minimum Gasteiger partial charge on any atom is -0.326 e. The molecular formula is C33H20N4O8. The normalized spacial score (nSPS) is 11.4. The van der Waals surface area contributed by atoms with E-state index in [2.05, 4.69) is 59.9 Å². The largest absolute Gasteiger partial charge is 0.326 e. The number of nitrogens with zero attached hydrogens (tertiary/aromatic N) is 3. The molecule has 0 fully saturated rings. The number of ketones is 1. The second kappa shape index (κ2) is 10.9. The number of carbonyl (C=O) groups is 2.